The van der Waals surface area contributed by atoms with Crippen molar-refractivity contribution in [1.29, 1.82) is 0 Å². The quantitative estimate of drug-likeness (QED) is 0.637. The monoisotopic (exact) mass is 148 g/mol. The van der Waals surface area contributed by atoms with E-state index in [-0.39, 0.29) is 0 Å². The first-order valence-electron chi connectivity index (χ1n) is 3.62. The van der Waals surface area contributed by atoms with E-state index in [1.165, 1.54) is 6.08 Å². The minimum absolute atomic E-state index is 0.531. The Labute approximate surface area is 67.0 Å². The van der Waals surface area contributed by atoms with Gasteiger partial charge in [-0.25, -0.2) is 0 Å². The van der Waals surface area contributed by atoms with Crippen molar-refractivity contribution >= 4 is 0 Å². The van der Waals surface area contributed by atoms with Crippen LogP contribution >= 0.6 is 0 Å². The second-order valence-electron chi connectivity index (χ2n) is 2.54. The Bertz CT molecular complexity index is 253. The summed E-state index contributed by atoms with van der Waals surface area (Å²) >= 11 is 0. The van der Waals surface area contributed by atoms with Crippen LogP contribution in [0.25, 0.3) is 0 Å². The summed E-state index contributed by atoms with van der Waals surface area (Å²) in [6, 6.07) is 7.74. The molecule has 0 aliphatic rings. The molecule has 0 amide bonds. The topological polar surface area (TPSA) is 20.2 Å². The lowest BCUT2D eigenvalue weighted by molar-refractivity contribution is 0.228. The van der Waals surface area contributed by atoms with Gasteiger partial charge in [0.15, 0.2) is 0 Å². The van der Waals surface area contributed by atoms with Gasteiger partial charge in [0.25, 0.3) is 0 Å². The minimum Gasteiger partial charge on any atom is -0.384 e. The van der Waals surface area contributed by atoms with Crippen LogP contribution in [0.4, 0.5) is 0 Å². The van der Waals surface area contributed by atoms with Crippen molar-refractivity contribution in [2.45, 2.75) is 13.0 Å². The van der Waals surface area contributed by atoms with Crippen LogP contribution in [-0.2, 0) is 0 Å². The molecular formula is C10H12O. The van der Waals surface area contributed by atoms with Crippen molar-refractivity contribution in [2.24, 2.45) is 0 Å². The second kappa shape index (κ2) is 3.35. The average Bonchev–Trinajstić information content (AvgIpc) is 2.04. The van der Waals surface area contributed by atoms with Gasteiger partial charge >= 0.3 is 0 Å². The molecule has 1 nitrogen and oxygen atoms in total. The third-order valence-electron chi connectivity index (χ3n) is 1.73. The fraction of sp³-hybridized carbons (Fsp3) is 0.200. The predicted octanol–water partition coefficient (Wildman–Crippen LogP) is 2.21. The van der Waals surface area contributed by atoms with Crippen LogP contribution in [0.15, 0.2) is 36.9 Å². The largest absolute Gasteiger partial charge is 0.384 e. The molecule has 0 fully saturated rings. The predicted molar refractivity (Wildman–Crippen MR) is 46.3 cm³/mol. The fourth-order valence-electron chi connectivity index (χ4n) is 1.05. The normalized spacial score (nSPS) is 12.5. The first-order valence-corrected chi connectivity index (χ1v) is 3.62. The zero-order valence-corrected chi connectivity index (χ0v) is 6.62. The molecule has 0 aliphatic heterocycles. The number of aliphatic hydroxyl groups excluding tert-OH is 1. The van der Waals surface area contributed by atoms with Gasteiger partial charge in [-0.2, -0.15) is 0 Å². The lowest BCUT2D eigenvalue weighted by Crippen LogP contribution is -1.94. The summed E-state index contributed by atoms with van der Waals surface area (Å²) < 4.78 is 0. The molecule has 1 rings (SSSR count). The highest BCUT2D eigenvalue weighted by Crippen LogP contribution is 2.16. The maximum atomic E-state index is 9.39. The maximum Gasteiger partial charge on any atom is 0.0971 e. The summed E-state index contributed by atoms with van der Waals surface area (Å²) in [5.74, 6) is 0. The van der Waals surface area contributed by atoms with Crippen LogP contribution in [0.3, 0.4) is 0 Å². The first-order chi connectivity index (χ1) is 5.25. The average molecular weight is 148 g/mol. The van der Waals surface area contributed by atoms with E-state index in [9.17, 15) is 5.11 Å². The van der Waals surface area contributed by atoms with Crippen LogP contribution < -0.4 is 0 Å². The SMILES string of the molecule is C=C[C@H](O)c1ccccc1C. The third-order valence-corrected chi connectivity index (χ3v) is 1.73. The zero-order chi connectivity index (χ0) is 8.27. The number of benzene rings is 1. The van der Waals surface area contributed by atoms with Gasteiger partial charge in [-0.15, -0.1) is 6.58 Å². The van der Waals surface area contributed by atoms with Gasteiger partial charge in [-0.3, -0.25) is 0 Å². The molecule has 0 saturated carbocycles. The molecule has 0 unspecified atom stereocenters. The van der Waals surface area contributed by atoms with Crippen molar-refractivity contribution in [2.75, 3.05) is 0 Å². The lowest BCUT2D eigenvalue weighted by Gasteiger charge is -2.07. The molecule has 0 saturated heterocycles. The van der Waals surface area contributed by atoms with E-state index >= 15 is 0 Å². The van der Waals surface area contributed by atoms with Crippen molar-refractivity contribution in [3.05, 3.63) is 48.0 Å². The van der Waals surface area contributed by atoms with Crippen LogP contribution in [0.1, 0.15) is 17.2 Å². The summed E-state index contributed by atoms with van der Waals surface area (Å²) in [6.07, 6.45) is 0.999. The molecular weight excluding hydrogens is 136 g/mol. The Balaban J connectivity index is 3.02. The van der Waals surface area contributed by atoms with E-state index in [4.69, 9.17) is 0 Å². The highest BCUT2D eigenvalue weighted by Gasteiger charge is 2.03. The number of rotatable bonds is 2. The molecule has 0 aliphatic carbocycles. The Kier molecular flexibility index (Phi) is 2.44. The molecule has 1 atom stereocenters. The van der Waals surface area contributed by atoms with Crippen molar-refractivity contribution in [1.82, 2.24) is 0 Å². The number of aliphatic hydroxyl groups is 1. The molecule has 0 heterocycles. The Morgan fingerprint density at radius 2 is 2.09 bits per heavy atom. The van der Waals surface area contributed by atoms with Crippen LogP contribution in [-0.4, -0.2) is 5.11 Å². The molecule has 0 bridgehead atoms. The summed E-state index contributed by atoms with van der Waals surface area (Å²) in [4.78, 5) is 0. The van der Waals surface area contributed by atoms with Gasteiger partial charge < -0.3 is 5.11 Å². The molecule has 11 heavy (non-hydrogen) atoms. The molecule has 0 radical (unpaired) electrons. The Morgan fingerprint density at radius 3 is 2.64 bits per heavy atom. The highest BCUT2D eigenvalue weighted by atomic mass is 16.3. The van der Waals surface area contributed by atoms with Crippen LogP contribution in [0, 0.1) is 6.92 Å². The molecule has 0 spiro atoms. The van der Waals surface area contributed by atoms with Gasteiger partial charge in [0.2, 0.25) is 0 Å². The summed E-state index contributed by atoms with van der Waals surface area (Å²) in [5, 5.41) is 9.39. The van der Waals surface area contributed by atoms with Crippen molar-refractivity contribution < 1.29 is 5.11 Å². The van der Waals surface area contributed by atoms with Crippen LogP contribution in [0.5, 0.6) is 0 Å². The van der Waals surface area contributed by atoms with Crippen molar-refractivity contribution in [3.8, 4) is 0 Å². The molecule has 0 aromatic heterocycles. The molecule has 58 valence electrons. The standard InChI is InChI=1S/C10H12O/c1-3-10(11)9-7-5-4-6-8(9)2/h3-7,10-11H,1H2,2H3/t10-/m0/s1. The van der Waals surface area contributed by atoms with E-state index < -0.39 is 6.10 Å². The van der Waals surface area contributed by atoms with Crippen molar-refractivity contribution in [3.63, 3.8) is 0 Å². The number of hydrogen-bond donors (Lipinski definition) is 1. The lowest BCUT2D eigenvalue weighted by atomic mass is 10.0. The second-order valence-corrected chi connectivity index (χ2v) is 2.54. The van der Waals surface area contributed by atoms with Gasteiger partial charge in [-0.1, -0.05) is 30.3 Å². The van der Waals surface area contributed by atoms with Crippen LogP contribution in [0.2, 0.25) is 0 Å². The highest BCUT2D eigenvalue weighted by molar-refractivity contribution is 5.29. The smallest absolute Gasteiger partial charge is 0.0971 e. The van der Waals surface area contributed by atoms with Gasteiger partial charge in [0.05, 0.1) is 6.10 Å². The number of aryl methyl sites for hydroxylation is 1. The van der Waals surface area contributed by atoms with Gasteiger partial charge in [0, 0.05) is 0 Å². The fourth-order valence-corrected chi connectivity index (χ4v) is 1.05. The molecule has 1 heteroatoms. The van der Waals surface area contributed by atoms with E-state index in [1.54, 1.807) is 0 Å². The summed E-state index contributed by atoms with van der Waals surface area (Å²) in [7, 11) is 0. The van der Waals surface area contributed by atoms with E-state index in [0.717, 1.165) is 11.1 Å². The van der Waals surface area contributed by atoms with Gasteiger partial charge in [0.1, 0.15) is 0 Å². The molecule has 1 aromatic carbocycles. The van der Waals surface area contributed by atoms with Gasteiger partial charge in [-0.05, 0) is 18.1 Å². The third kappa shape index (κ3) is 1.69. The zero-order valence-electron chi connectivity index (χ0n) is 6.62. The number of hydrogen-bond acceptors (Lipinski definition) is 1. The first kappa shape index (κ1) is 8.02. The van der Waals surface area contributed by atoms with E-state index in [1.807, 2.05) is 31.2 Å². The Morgan fingerprint density at radius 1 is 1.45 bits per heavy atom. The Hall–Kier alpha value is -1.08. The molecule has 1 N–H and O–H groups in total. The molecule has 1 aromatic rings. The van der Waals surface area contributed by atoms with E-state index in [2.05, 4.69) is 6.58 Å². The van der Waals surface area contributed by atoms with E-state index in [0.29, 0.717) is 0 Å². The minimum atomic E-state index is -0.531. The maximum absolute atomic E-state index is 9.39. The summed E-state index contributed by atoms with van der Waals surface area (Å²) in [6.45, 7) is 5.50. The summed E-state index contributed by atoms with van der Waals surface area (Å²) in [5.41, 5.74) is 2.03.